The maximum atomic E-state index is 11.0. The van der Waals surface area contributed by atoms with Gasteiger partial charge in [0.2, 0.25) is 0 Å². The molecule has 0 atom stereocenters. The highest BCUT2D eigenvalue weighted by molar-refractivity contribution is 5.79. The summed E-state index contributed by atoms with van der Waals surface area (Å²) in [5, 5.41) is 0. The van der Waals surface area contributed by atoms with Gasteiger partial charge in [-0.25, -0.2) is 0 Å². The van der Waals surface area contributed by atoms with Crippen LogP contribution in [0, 0.1) is 0 Å². The summed E-state index contributed by atoms with van der Waals surface area (Å²) in [5.41, 5.74) is 0. The predicted molar refractivity (Wildman–Crippen MR) is 122 cm³/mol. The van der Waals surface area contributed by atoms with Crippen molar-refractivity contribution in [1.29, 1.82) is 0 Å². The first-order chi connectivity index (χ1) is 14.7. The standard InChI is InChI=1S/2C12H23NO2/c2*1-2-15-11-5-3-4-8-13-9-6-12(14)7-10-13/h2*2-11H2,1H3. The molecule has 0 N–H and O–H groups in total. The number of hydrogen-bond acceptors (Lipinski definition) is 6. The van der Waals surface area contributed by atoms with Gasteiger partial charge in [-0.3, -0.25) is 9.59 Å². The number of likely N-dealkylation sites (tertiary alicyclic amines) is 2. The molecule has 2 heterocycles. The molecule has 0 spiro atoms. The summed E-state index contributed by atoms with van der Waals surface area (Å²) in [5.74, 6) is 0.866. The molecule has 0 bridgehead atoms. The molecule has 2 rings (SSSR count). The molecule has 0 unspecified atom stereocenters. The van der Waals surface area contributed by atoms with Gasteiger partial charge in [0.05, 0.1) is 0 Å². The van der Waals surface area contributed by atoms with Crippen molar-refractivity contribution < 1.29 is 19.1 Å². The largest absolute Gasteiger partial charge is 0.382 e. The molecule has 6 nitrogen and oxygen atoms in total. The molecular weight excluding hydrogens is 380 g/mol. The fraction of sp³-hybridized carbons (Fsp3) is 0.917. The van der Waals surface area contributed by atoms with E-state index in [9.17, 15) is 9.59 Å². The third-order valence-corrected chi connectivity index (χ3v) is 5.76. The Kier molecular flexibility index (Phi) is 17.2. The number of carbonyl (C=O) groups is 2. The fourth-order valence-corrected chi connectivity index (χ4v) is 3.77. The number of piperidine rings is 2. The van der Waals surface area contributed by atoms with E-state index >= 15 is 0 Å². The second kappa shape index (κ2) is 18.9. The molecule has 6 heteroatoms. The molecule has 2 fully saturated rings. The molecule has 2 aliphatic rings. The first kappa shape index (κ1) is 27.2. The second-order valence-corrected chi connectivity index (χ2v) is 8.28. The maximum Gasteiger partial charge on any atom is 0.135 e. The van der Waals surface area contributed by atoms with Crippen LogP contribution in [0.25, 0.3) is 0 Å². The number of ether oxygens (including phenoxy) is 2. The summed E-state index contributed by atoms with van der Waals surface area (Å²) in [4.78, 5) is 26.8. The van der Waals surface area contributed by atoms with Crippen molar-refractivity contribution in [1.82, 2.24) is 9.80 Å². The number of nitrogens with zero attached hydrogens (tertiary/aromatic N) is 2. The smallest absolute Gasteiger partial charge is 0.135 e. The van der Waals surface area contributed by atoms with Crippen molar-refractivity contribution in [3.63, 3.8) is 0 Å². The molecule has 0 aromatic rings. The van der Waals surface area contributed by atoms with Gasteiger partial charge >= 0.3 is 0 Å². The van der Waals surface area contributed by atoms with Crippen LogP contribution < -0.4 is 0 Å². The number of hydrogen-bond donors (Lipinski definition) is 0. The highest BCUT2D eigenvalue weighted by atomic mass is 16.5. The van der Waals surface area contributed by atoms with E-state index in [0.717, 1.165) is 91.4 Å². The number of rotatable bonds is 14. The van der Waals surface area contributed by atoms with E-state index in [0.29, 0.717) is 11.6 Å². The lowest BCUT2D eigenvalue weighted by atomic mass is 10.1. The van der Waals surface area contributed by atoms with Gasteiger partial charge in [-0.2, -0.15) is 0 Å². The highest BCUT2D eigenvalue weighted by Crippen LogP contribution is 2.08. The zero-order valence-corrected chi connectivity index (χ0v) is 19.7. The lowest BCUT2D eigenvalue weighted by molar-refractivity contribution is -0.122. The van der Waals surface area contributed by atoms with E-state index in [1.165, 1.54) is 38.5 Å². The van der Waals surface area contributed by atoms with E-state index in [-0.39, 0.29) is 0 Å². The Morgan fingerprint density at radius 1 is 0.600 bits per heavy atom. The first-order valence-corrected chi connectivity index (χ1v) is 12.3. The lowest BCUT2D eigenvalue weighted by Crippen LogP contribution is -2.34. The highest BCUT2D eigenvalue weighted by Gasteiger charge is 2.15. The summed E-state index contributed by atoms with van der Waals surface area (Å²) >= 11 is 0. The third-order valence-electron chi connectivity index (χ3n) is 5.76. The SMILES string of the molecule is CCOCCCCCN1CCC(=O)CC1.CCOCCCCCN1CCC(=O)CC1. The Morgan fingerprint density at radius 3 is 1.30 bits per heavy atom. The molecule has 2 aliphatic heterocycles. The number of Topliss-reactive ketones (excluding diaryl/α,β-unsaturated/α-hetero) is 2. The Bertz CT molecular complexity index is 385. The number of carbonyl (C=O) groups excluding carboxylic acids is 2. The zero-order valence-electron chi connectivity index (χ0n) is 19.7. The Hall–Kier alpha value is -0.820. The molecule has 0 aromatic heterocycles. The minimum absolute atomic E-state index is 0.433. The molecule has 176 valence electrons. The van der Waals surface area contributed by atoms with Crippen LogP contribution in [0.5, 0.6) is 0 Å². The summed E-state index contributed by atoms with van der Waals surface area (Å²) in [6, 6.07) is 0. The molecule has 30 heavy (non-hydrogen) atoms. The van der Waals surface area contributed by atoms with Crippen LogP contribution in [0.3, 0.4) is 0 Å². The molecule has 0 saturated carbocycles. The first-order valence-electron chi connectivity index (χ1n) is 12.3. The van der Waals surface area contributed by atoms with Crippen LogP contribution in [-0.2, 0) is 19.1 Å². The Balaban J connectivity index is 0.000000300. The zero-order chi connectivity index (χ0) is 21.9. The van der Waals surface area contributed by atoms with Gasteiger partial charge in [0.1, 0.15) is 11.6 Å². The van der Waals surface area contributed by atoms with E-state index in [2.05, 4.69) is 9.80 Å². The average molecular weight is 427 g/mol. The fourth-order valence-electron chi connectivity index (χ4n) is 3.77. The topological polar surface area (TPSA) is 59.1 Å². The Morgan fingerprint density at radius 2 is 0.967 bits per heavy atom. The minimum atomic E-state index is 0.433. The quantitative estimate of drug-likeness (QED) is 0.395. The van der Waals surface area contributed by atoms with E-state index < -0.39 is 0 Å². The molecular formula is C24H46N2O4. The summed E-state index contributed by atoms with van der Waals surface area (Å²) in [7, 11) is 0. The van der Waals surface area contributed by atoms with Gasteiger partial charge in [0, 0.05) is 78.3 Å². The molecule has 0 aromatic carbocycles. The van der Waals surface area contributed by atoms with Crippen LogP contribution in [0.2, 0.25) is 0 Å². The van der Waals surface area contributed by atoms with Crippen LogP contribution in [0.15, 0.2) is 0 Å². The van der Waals surface area contributed by atoms with E-state index in [4.69, 9.17) is 9.47 Å². The van der Waals surface area contributed by atoms with Gasteiger partial charge in [-0.1, -0.05) is 0 Å². The summed E-state index contributed by atoms with van der Waals surface area (Å²) in [6.07, 6.45) is 10.3. The monoisotopic (exact) mass is 426 g/mol. The van der Waals surface area contributed by atoms with Crippen molar-refractivity contribution in [2.75, 3.05) is 65.7 Å². The van der Waals surface area contributed by atoms with E-state index in [1.54, 1.807) is 0 Å². The Labute approximate surface area is 184 Å². The van der Waals surface area contributed by atoms with Crippen molar-refractivity contribution in [3.05, 3.63) is 0 Å². The van der Waals surface area contributed by atoms with Gasteiger partial charge in [-0.15, -0.1) is 0 Å². The number of ketones is 2. The summed E-state index contributed by atoms with van der Waals surface area (Å²) < 4.78 is 10.6. The third kappa shape index (κ3) is 15.1. The molecule has 0 amide bonds. The van der Waals surface area contributed by atoms with Crippen molar-refractivity contribution in [2.45, 2.75) is 78.1 Å². The molecule has 0 aliphatic carbocycles. The number of unbranched alkanes of at least 4 members (excludes halogenated alkanes) is 4. The van der Waals surface area contributed by atoms with Gasteiger partial charge < -0.3 is 19.3 Å². The van der Waals surface area contributed by atoms with Crippen LogP contribution in [0.4, 0.5) is 0 Å². The van der Waals surface area contributed by atoms with Crippen molar-refractivity contribution >= 4 is 11.6 Å². The molecule has 0 radical (unpaired) electrons. The lowest BCUT2D eigenvalue weighted by Gasteiger charge is -2.25. The molecule has 2 saturated heterocycles. The van der Waals surface area contributed by atoms with E-state index in [1.807, 2.05) is 13.8 Å². The van der Waals surface area contributed by atoms with Crippen molar-refractivity contribution in [2.24, 2.45) is 0 Å². The maximum absolute atomic E-state index is 11.0. The predicted octanol–water partition coefficient (Wildman–Crippen LogP) is 3.72. The second-order valence-electron chi connectivity index (χ2n) is 8.28. The normalized spacial score (nSPS) is 18.3. The van der Waals surface area contributed by atoms with Crippen LogP contribution in [0.1, 0.15) is 78.1 Å². The van der Waals surface area contributed by atoms with Gasteiger partial charge in [-0.05, 0) is 65.5 Å². The average Bonchev–Trinajstić information content (AvgIpc) is 2.76. The minimum Gasteiger partial charge on any atom is -0.382 e. The summed E-state index contributed by atoms with van der Waals surface area (Å²) in [6.45, 7) is 13.7. The van der Waals surface area contributed by atoms with Crippen molar-refractivity contribution in [3.8, 4) is 0 Å². The van der Waals surface area contributed by atoms with Crippen LogP contribution >= 0.6 is 0 Å². The van der Waals surface area contributed by atoms with Gasteiger partial charge in [0.25, 0.3) is 0 Å². The van der Waals surface area contributed by atoms with Crippen LogP contribution in [-0.4, -0.2) is 87.1 Å². The van der Waals surface area contributed by atoms with Gasteiger partial charge in [0.15, 0.2) is 0 Å².